The predicted molar refractivity (Wildman–Crippen MR) is 98.8 cm³/mol. The summed E-state index contributed by atoms with van der Waals surface area (Å²) in [5.74, 6) is 0.211. The number of fused-ring (bicyclic) bond motifs is 2. The molecule has 2 aliphatic rings. The average Bonchev–Trinajstić information content (AvgIpc) is 3.09. The Bertz CT molecular complexity index is 749. The van der Waals surface area contributed by atoms with Crippen molar-refractivity contribution in [2.75, 3.05) is 13.2 Å². The second-order valence-corrected chi connectivity index (χ2v) is 8.15. The lowest BCUT2D eigenvalue weighted by molar-refractivity contribution is -0.140. The molecule has 0 bridgehead atoms. The highest BCUT2D eigenvalue weighted by Crippen LogP contribution is 2.35. The molecule has 0 unspecified atom stereocenters. The number of amides is 1. The van der Waals surface area contributed by atoms with Crippen LogP contribution in [0.1, 0.15) is 48.2 Å². The molecule has 5 heteroatoms. The molecule has 1 aromatic heterocycles. The molecule has 25 heavy (non-hydrogen) atoms. The first-order valence-electron chi connectivity index (χ1n) is 9.17. The molecule has 1 aromatic carbocycles. The summed E-state index contributed by atoms with van der Waals surface area (Å²) in [4.78, 5) is 27.5. The molecule has 0 radical (unpaired) electrons. The van der Waals surface area contributed by atoms with E-state index in [4.69, 9.17) is 4.74 Å². The maximum atomic E-state index is 12.6. The number of thiophene rings is 1. The highest BCUT2D eigenvalue weighted by atomic mass is 32.1. The zero-order valence-electron chi connectivity index (χ0n) is 14.3. The van der Waals surface area contributed by atoms with Crippen LogP contribution in [0.5, 0.6) is 0 Å². The number of carbonyl (C=O) groups excluding carboxylic acids is 2. The van der Waals surface area contributed by atoms with Crippen LogP contribution in [-0.2, 0) is 9.53 Å². The van der Waals surface area contributed by atoms with Gasteiger partial charge in [0.25, 0.3) is 5.91 Å². The van der Waals surface area contributed by atoms with Crippen LogP contribution in [0.2, 0.25) is 0 Å². The molecule has 2 atom stereocenters. The summed E-state index contributed by atoms with van der Waals surface area (Å²) in [6, 6.07) is 10.1. The SMILES string of the molecule is O=C(OCC(=O)N1CCC[C@@H]2CCCC[C@H]21)c1cc2ccccc2s1. The number of benzene rings is 1. The topological polar surface area (TPSA) is 46.6 Å². The van der Waals surface area contributed by atoms with Crippen LogP contribution in [0.25, 0.3) is 10.1 Å². The van der Waals surface area contributed by atoms with Crippen LogP contribution in [0.4, 0.5) is 0 Å². The Morgan fingerprint density at radius 1 is 1.12 bits per heavy atom. The summed E-state index contributed by atoms with van der Waals surface area (Å²) in [6.45, 7) is 0.663. The number of esters is 1. The molecule has 1 aliphatic heterocycles. The van der Waals surface area contributed by atoms with Gasteiger partial charge >= 0.3 is 5.97 Å². The first-order chi connectivity index (χ1) is 12.2. The maximum Gasteiger partial charge on any atom is 0.348 e. The van der Waals surface area contributed by atoms with E-state index in [9.17, 15) is 9.59 Å². The van der Waals surface area contributed by atoms with Crippen LogP contribution in [0.3, 0.4) is 0 Å². The third kappa shape index (κ3) is 3.43. The fraction of sp³-hybridized carbons (Fsp3) is 0.500. The van der Waals surface area contributed by atoms with Gasteiger partial charge in [-0.15, -0.1) is 11.3 Å². The van der Waals surface area contributed by atoms with E-state index in [1.807, 2.05) is 35.2 Å². The van der Waals surface area contributed by atoms with Crippen molar-refractivity contribution in [1.29, 1.82) is 0 Å². The number of hydrogen-bond donors (Lipinski definition) is 0. The van der Waals surface area contributed by atoms with E-state index in [0.29, 0.717) is 16.8 Å². The largest absolute Gasteiger partial charge is 0.451 e. The molecule has 4 nitrogen and oxygen atoms in total. The zero-order valence-corrected chi connectivity index (χ0v) is 15.1. The molecule has 0 N–H and O–H groups in total. The first kappa shape index (κ1) is 16.6. The van der Waals surface area contributed by atoms with Gasteiger partial charge in [0.05, 0.1) is 0 Å². The van der Waals surface area contributed by atoms with Crippen molar-refractivity contribution in [2.45, 2.75) is 44.6 Å². The lowest BCUT2D eigenvalue weighted by Crippen LogP contribution is -2.50. The molecule has 2 aromatic rings. The van der Waals surface area contributed by atoms with Crippen LogP contribution >= 0.6 is 11.3 Å². The number of carbonyl (C=O) groups is 2. The number of likely N-dealkylation sites (tertiary alicyclic amines) is 1. The minimum atomic E-state index is -0.397. The Hall–Kier alpha value is -1.88. The fourth-order valence-corrected chi connectivity index (χ4v) is 5.25. The standard InChI is InChI=1S/C20H23NO3S/c22-19(21-11-5-8-14-6-1-3-9-16(14)21)13-24-20(23)18-12-15-7-2-4-10-17(15)25-18/h2,4,7,10,12,14,16H,1,3,5-6,8-9,11,13H2/t14-,16+/m0/s1. The summed E-state index contributed by atoms with van der Waals surface area (Å²) in [7, 11) is 0. The molecule has 1 amide bonds. The van der Waals surface area contributed by atoms with Crippen molar-refractivity contribution in [3.63, 3.8) is 0 Å². The van der Waals surface area contributed by atoms with Gasteiger partial charge in [0.1, 0.15) is 4.88 Å². The second-order valence-electron chi connectivity index (χ2n) is 7.07. The third-order valence-corrected chi connectivity index (χ3v) is 6.61. The Balaban J connectivity index is 1.38. The van der Waals surface area contributed by atoms with E-state index in [2.05, 4.69) is 0 Å². The summed E-state index contributed by atoms with van der Waals surface area (Å²) < 4.78 is 6.39. The Morgan fingerprint density at radius 3 is 2.80 bits per heavy atom. The first-order valence-corrected chi connectivity index (χ1v) is 9.99. The maximum absolute atomic E-state index is 12.6. The highest BCUT2D eigenvalue weighted by molar-refractivity contribution is 7.20. The highest BCUT2D eigenvalue weighted by Gasteiger charge is 2.35. The molecule has 0 spiro atoms. The Kier molecular flexibility index (Phi) is 4.75. The van der Waals surface area contributed by atoms with E-state index in [1.54, 1.807) is 0 Å². The van der Waals surface area contributed by atoms with Crippen LogP contribution in [-0.4, -0.2) is 36.0 Å². The quantitative estimate of drug-likeness (QED) is 0.772. The molecule has 4 rings (SSSR count). The van der Waals surface area contributed by atoms with Gasteiger partial charge in [-0.05, 0) is 49.1 Å². The predicted octanol–water partition coefficient (Wildman–Crippen LogP) is 4.24. The summed E-state index contributed by atoms with van der Waals surface area (Å²) in [5, 5.41) is 1.03. The minimum Gasteiger partial charge on any atom is -0.451 e. The van der Waals surface area contributed by atoms with Crippen molar-refractivity contribution in [3.05, 3.63) is 35.2 Å². The number of ether oxygens (including phenoxy) is 1. The molecule has 1 aliphatic carbocycles. The normalized spacial score (nSPS) is 23.3. The van der Waals surface area contributed by atoms with E-state index in [0.717, 1.165) is 29.5 Å². The molecule has 1 saturated carbocycles. The van der Waals surface area contributed by atoms with Gasteiger partial charge in [-0.2, -0.15) is 0 Å². The van der Waals surface area contributed by atoms with E-state index in [1.165, 1.54) is 37.0 Å². The number of piperidine rings is 1. The van der Waals surface area contributed by atoms with E-state index >= 15 is 0 Å². The summed E-state index contributed by atoms with van der Waals surface area (Å²) >= 11 is 1.41. The van der Waals surface area contributed by atoms with E-state index in [-0.39, 0.29) is 12.5 Å². The van der Waals surface area contributed by atoms with Gasteiger partial charge in [-0.25, -0.2) is 4.79 Å². The average molecular weight is 357 g/mol. The van der Waals surface area contributed by atoms with Crippen molar-refractivity contribution in [3.8, 4) is 0 Å². The molecule has 2 fully saturated rings. The summed E-state index contributed by atoms with van der Waals surface area (Å²) in [5.41, 5.74) is 0. The molecule has 132 valence electrons. The molecular formula is C20H23NO3S. The lowest BCUT2D eigenvalue weighted by Gasteiger charge is -2.44. The Labute approximate surface area is 151 Å². The number of nitrogens with zero attached hydrogens (tertiary/aromatic N) is 1. The molecular weight excluding hydrogens is 334 g/mol. The van der Waals surface area contributed by atoms with Crippen molar-refractivity contribution in [2.24, 2.45) is 5.92 Å². The smallest absolute Gasteiger partial charge is 0.348 e. The summed E-state index contributed by atoms with van der Waals surface area (Å²) in [6.07, 6.45) is 7.11. The van der Waals surface area contributed by atoms with Crippen LogP contribution < -0.4 is 0 Å². The number of hydrogen-bond acceptors (Lipinski definition) is 4. The monoisotopic (exact) mass is 357 g/mol. The van der Waals surface area contributed by atoms with Crippen molar-refractivity contribution < 1.29 is 14.3 Å². The van der Waals surface area contributed by atoms with Gasteiger partial charge in [-0.1, -0.05) is 31.0 Å². The lowest BCUT2D eigenvalue weighted by atomic mass is 9.78. The van der Waals surface area contributed by atoms with Crippen molar-refractivity contribution >= 4 is 33.3 Å². The molecule has 1 saturated heterocycles. The third-order valence-electron chi connectivity index (χ3n) is 5.52. The fourth-order valence-electron chi connectivity index (χ4n) is 4.30. The molecule has 2 heterocycles. The van der Waals surface area contributed by atoms with Crippen LogP contribution in [0.15, 0.2) is 30.3 Å². The minimum absolute atomic E-state index is 0.0361. The van der Waals surface area contributed by atoms with Gasteiger partial charge < -0.3 is 9.64 Å². The number of rotatable bonds is 3. The zero-order chi connectivity index (χ0) is 17.2. The van der Waals surface area contributed by atoms with Gasteiger partial charge in [0.2, 0.25) is 0 Å². The van der Waals surface area contributed by atoms with Crippen LogP contribution in [0, 0.1) is 5.92 Å². The Morgan fingerprint density at radius 2 is 1.92 bits per heavy atom. The van der Waals surface area contributed by atoms with Gasteiger partial charge in [0, 0.05) is 17.3 Å². The van der Waals surface area contributed by atoms with Crippen molar-refractivity contribution in [1.82, 2.24) is 4.90 Å². The van der Waals surface area contributed by atoms with E-state index < -0.39 is 5.97 Å². The van der Waals surface area contributed by atoms with Gasteiger partial charge in [0.15, 0.2) is 6.61 Å². The second kappa shape index (κ2) is 7.16. The van der Waals surface area contributed by atoms with Gasteiger partial charge in [-0.3, -0.25) is 4.79 Å².